The second-order valence-electron chi connectivity index (χ2n) is 4.09. The van der Waals surface area contributed by atoms with Gasteiger partial charge in [0.15, 0.2) is 0 Å². The van der Waals surface area contributed by atoms with Crippen LogP contribution in [0.1, 0.15) is 32.6 Å². The molecule has 0 aromatic heterocycles. The Kier molecular flexibility index (Phi) is 3.07. The van der Waals surface area contributed by atoms with Crippen LogP contribution in [0.4, 0.5) is 5.69 Å². The third kappa shape index (κ3) is 1.92. The van der Waals surface area contributed by atoms with Gasteiger partial charge in [-0.3, -0.25) is 0 Å². The van der Waals surface area contributed by atoms with Crippen LogP contribution >= 0.6 is 0 Å². The van der Waals surface area contributed by atoms with E-state index in [2.05, 4.69) is 42.2 Å². The number of hydrogen-bond acceptors (Lipinski definition) is 1. The molecule has 1 atom stereocenters. The number of hydrogen-bond donors (Lipinski definition) is 0. The minimum absolute atomic E-state index is 0.770. The maximum absolute atomic E-state index is 2.57. The first-order valence-electron chi connectivity index (χ1n) is 5.73. The van der Waals surface area contributed by atoms with Gasteiger partial charge in [-0.1, -0.05) is 25.1 Å². The average Bonchev–Trinajstić information content (AvgIpc) is 2.30. The van der Waals surface area contributed by atoms with Crippen molar-refractivity contribution in [2.75, 3.05) is 11.4 Å². The Hall–Kier alpha value is -0.980. The fourth-order valence-electron chi connectivity index (χ4n) is 2.38. The van der Waals surface area contributed by atoms with E-state index in [1.54, 1.807) is 0 Å². The molecule has 2 rings (SSSR count). The molecule has 76 valence electrons. The Morgan fingerprint density at radius 2 is 2.00 bits per heavy atom. The summed E-state index contributed by atoms with van der Waals surface area (Å²) in [5.74, 6) is 0. The Balaban J connectivity index is 2.15. The summed E-state index contributed by atoms with van der Waals surface area (Å²) in [5, 5.41) is 0. The number of anilines is 1. The van der Waals surface area contributed by atoms with E-state index in [4.69, 9.17) is 0 Å². The first-order valence-corrected chi connectivity index (χ1v) is 5.73. The zero-order valence-corrected chi connectivity index (χ0v) is 8.95. The van der Waals surface area contributed by atoms with Crippen LogP contribution in [-0.2, 0) is 0 Å². The van der Waals surface area contributed by atoms with Gasteiger partial charge in [-0.25, -0.2) is 0 Å². The van der Waals surface area contributed by atoms with E-state index in [1.807, 2.05) is 0 Å². The SMILES string of the molecule is CCC1CCCCN1c1ccccc1. The smallest absolute Gasteiger partial charge is 0.0368 e. The predicted molar refractivity (Wildman–Crippen MR) is 61.7 cm³/mol. The highest BCUT2D eigenvalue weighted by atomic mass is 15.2. The van der Waals surface area contributed by atoms with Gasteiger partial charge in [-0.2, -0.15) is 0 Å². The van der Waals surface area contributed by atoms with E-state index in [0.717, 1.165) is 6.04 Å². The van der Waals surface area contributed by atoms with Crippen LogP contribution in [0.15, 0.2) is 30.3 Å². The van der Waals surface area contributed by atoms with Gasteiger partial charge in [-0.05, 0) is 37.8 Å². The first kappa shape index (κ1) is 9.57. The largest absolute Gasteiger partial charge is 0.369 e. The second kappa shape index (κ2) is 4.50. The molecule has 1 fully saturated rings. The molecule has 0 N–H and O–H groups in total. The Morgan fingerprint density at radius 3 is 2.71 bits per heavy atom. The van der Waals surface area contributed by atoms with E-state index in [9.17, 15) is 0 Å². The summed E-state index contributed by atoms with van der Waals surface area (Å²) >= 11 is 0. The summed E-state index contributed by atoms with van der Waals surface area (Å²) in [6.07, 6.45) is 5.40. The van der Waals surface area contributed by atoms with Gasteiger partial charge in [0.2, 0.25) is 0 Å². The van der Waals surface area contributed by atoms with Crippen molar-refractivity contribution < 1.29 is 0 Å². The summed E-state index contributed by atoms with van der Waals surface area (Å²) < 4.78 is 0. The van der Waals surface area contributed by atoms with Crippen molar-refractivity contribution >= 4 is 5.69 Å². The lowest BCUT2D eigenvalue weighted by Gasteiger charge is -2.37. The molecule has 1 aliphatic rings. The normalized spacial score (nSPS) is 22.4. The average molecular weight is 189 g/mol. The molecule has 1 saturated heterocycles. The lowest BCUT2D eigenvalue weighted by atomic mass is 9.99. The van der Waals surface area contributed by atoms with Crippen molar-refractivity contribution in [2.45, 2.75) is 38.6 Å². The number of rotatable bonds is 2. The van der Waals surface area contributed by atoms with Crippen molar-refractivity contribution in [3.8, 4) is 0 Å². The molecule has 0 bridgehead atoms. The predicted octanol–water partition coefficient (Wildman–Crippen LogP) is 3.46. The fourth-order valence-corrected chi connectivity index (χ4v) is 2.38. The van der Waals surface area contributed by atoms with E-state index < -0.39 is 0 Å². The van der Waals surface area contributed by atoms with Crippen molar-refractivity contribution in [1.29, 1.82) is 0 Å². The fraction of sp³-hybridized carbons (Fsp3) is 0.538. The highest BCUT2D eigenvalue weighted by molar-refractivity contribution is 5.47. The summed E-state index contributed by atoms with van der Waals surface area (Å²) in [4.78, 5) is 2.57. The monoisotopic (exact) mass is 189 g/mol. The number of para-hydroxylation sites is 1. The highest BCUT2D eigenvalue weighted by Crippen LogP contribution is 2.25. The van der Waals surface area contributed by atoms with Gasteiger partial charge >= 0.3 is 0 Å². The molecule has 1 heteroatoms. The van der Waals surface area contributed by atoms with Crippen LogP contribution in [0.25, 0.3) is 0 Å². The van der Waals surface area contributed by atoms with Crippen molar-refractivity contribution in [3.05, 3.63) is 30.3 Å². The zero-order chi connectivity index (χ0) is 9.80. The molecule has 14 heavy (non-hydrogen) atoms. The molecule has 1 heterocycles. The minimum Gasteiger partial charge on any atom is -0.369 e. The van der Waals surface area contributed by atoms with E-state index in [1.165, 1.54) is 37.9 Å². The quantitative estimate of drug-likeness (QED) is 0.688. The maximum Gasteiger partial charge on any atom is 0.0368 e. The van der Waals surface area contributed by atoms with Crippen molar-refractivity contribution in [3.63, 3.8) is 0 Å². The molecule has 0 aliphatic carbocycles. The topological polar surface area (TPSA) is 3.24 Å². The molecule has 1 nitrogen and oxygen atoms in total. The summed E-state index contributed by atoms with van der Waals surface area (Å²) in [6, 6.07) is 11.6. The second-order valence-corrected chi connectivity index (χ2v) is 4.09. The molecule has 0 radical (unpaired) electrons. The minimum atomic E-state index is 0.770. The summed E-state index contributed by atoms with van der Waals surface area (Å²) in [5.41, 5.74) is 1.40. The van der Waals surface area contributed by atoms with Crippen LogP contribution in [0, 0.1) is 0 Å². The molecular weight excluding hydrogens is 170 g/mol. The maximum atomic E-state index is 2.57. The number of nitrogens with zero attached hydrogens (tertiary/aromatic N) is 1. The molecule has 1 aromatic carbocycles. The molecule has 1 unspecified atom stereocenters. The van der Waals surface area contributed by atoms with Gasteiger partial charge in [-0.15, -0.1) is 0 Å². The van der Waals surface area contributed by atoms with Gasteiger partial charge in [0, 0.05) is 18.3 Å². The molecule has 0 spiro atoms. The Labute approximate surface area is 86.7 Å². The number of benzene rings is 1. The third-order valence-corrected chi connectivity index (χ3v) is 3.19. The number of piperidine rings is 1. The van der Waals surface area contributed by atoms with Gasteiger partial charge in [0.1, 0.15) is 0 Å². The third-order valence-electron chi connectivity index (χ3n) is 3.19. The van der Waals surface area contributed by atoms with Crippen LogP contribution in [0.2, 0.25) is 0 Å². The van der Waals surface area contributed by atoms with Gasteiger partial charge in [0.25, 0.3) is 0 Å². The standard InChI is InChI=1S/C13H19N/c1-2-12-8-6-7-11-14(12)13-9-4-3-5-10-13/h3-5,9-10,12H,2,6-8,11H2,1H3. The Morgan fingerprint density at radius 1 is 1.21 bits per heavy atom. The molecule has 0 saturated carbocycles. The molecular formula is C13H19N. The zero-order valence-electron chi connectivity index (χ0n) is 8.95. The van der Waals surface area contributed by atoms with Gasteiger partial charge in [0.05, 0.1) is 0 Å². The van der Waals surface area contributed by atoms with Crippen LogP contribution in [0.5, 0.6) is 0 Å². The lowest BCUT2D eigenvalue weighted by Crippen LogP contribution is -2.39. The Bertz CT molecular complexity index is 268. The van der Waals surface area contributed by atoms with Gasteiger partial charge < -0.3 is 4.90 Å². The van der Waals surface area contributed by atoms with Crippen molar-refractivity contribution in [2.24, 2.45) is 0 Å². The van der Waals surface area contributed by atoms with Crippen LogP contribution in [0.3, 0.4) is 0 Å². The molecule has 1 aromatic rings. The highest BCUT2D eigenvalue weighted by Gasteiger charge is 2.20. The molecule has 0 amide bonds. The van der Waals surface area contributed by atoms with E-state index >= 15 is 0 Å². The van der Waals surface area contributed by atoms with E-state index in [-0.39, 0.29) is 0 Å². The first-order chi connectivity index (χ1) is 6.92. The van der Waals surface area contributed by atoms with Crippen molar-refractivity contribution in [1.82, 2.24) is 0 Å². The van der Waals surface area contributed by atoms with Crippen LogP contribution in [-0.4, -0.2) is 12.6 Å². The van der Waals surface area contributed by atoms with E-state index in [0.29, 0.717) is 0 Å². The molecule has 1 aliphatic heterocycles. The lowest BCUT2D eigenvalue weighted by molar-refractivity contribution is 0.450. The van der Waals surface area contributed by atoms with Crippen LogP contribution < -0.4 is 4.90 Å². The summed E-state index contributed by atoms with van der Waals surface area (Å²) in [7, 11) is 0. The summed E-state index contributed by atoms with van der Waals surface area (Å²) in [6.45, 7) is 3.54.